The number of nitrogen functional groups attached to an aromatic ring is 1. The summed E-state index contributed by atoms with van der Waals surface area (Å²) in [6, 6.07) is 3.73. The quantitative estimate of drug-likeness (QED) is 0.511. The summed E-state index contributed by atoms with van der Waals surface area (Å²) < 4.78 is 49.1. The summed E-state index contributed by atoms with van der Waals surface area (Å²) in [4.78, 5) is 30.9. The van der Waals surface area contributed by atoms with E-state index in [0.29, 0.717) is 4.90 Å². The van der Waals surface area contributed by atoms with Crippen LogP contribution in [-0.2, 0) is 9.84 Å². The molecule has 11 heteroatoms. The van der Waals surface area contributed by atoms with E-state index in [1.165, 1.54) is 25.3 Å². The van der Waals surface area contributed by atoms with Gasteiger partial charge in [0.2, 0.25) is 0 Å². The third kappa shape index (κ3) is 3.80. The summed E-state index contributed by atoms with van der Waals surface area (Å²) in [5.74, 6) is -3.06. The molecule has 2 aromatic rings. The number of pyridine rings is 1. The molecule has 0 fully saturated rings. The van der Waals surface area contributed by atoms with Gasteiger partial charge in [0, 0.05) is 11.9 Å². The summed E-state index contributed by atoms with van der Waals surface area (Å²) in [5, 5.41) is 0. The van der Waals surface area contributed by atoms with Crippen LogP contribution >= 0.6 is 0 Å². The van der Waals surface area contributed by atoms with Crippen molar-refractivity contribution in [3.05, 3.63) is 46.9 Å². The van der Waals surface area contributed by atoms with Crippen LogP contribution < -0.4 is 15.2 Å². The molecule has 1 atom stereocenters. The maximum absolute atomic E-state index is 14.3. The third-order valence-electron chi connectivity index (χ3n) is 4.51. The summed E-state index contributed by atoms with van der Waals surface area (Å²) in [6.07, 6.45) is 0.958. The van der Waals surface area contributed by atoms with Gasteiger partial charge in [0.1, 0.15) is 15.7 Å². The number of anilines is 1. The van der Waals surface area contributed by atoms with Gasteiger partial charge in [-0.05, 0) is 31.2 Å². The van der Waals surface area contributed by atoms with Gasteiger partial charge in [-0.1, -0.05) is 0 Å². The number of nitrogens with zero attached hydrogens (tertiary/aromatic N) is 2. The molecule has 1 aliphatic heterocycles. The molecule has 2 amide bonds. The molecule has 0 aliphatic carbocycles. The Hall–Kier alpha value is -3.21. The molecule has 3 rings (SSSR count). The number of aromatic nitrogens is 1. The van der Waals surface area contributed by atoms with E-state index in [2.05, 4.69) is 4.98 Å². The molecule has 1 aromatic carbocycles. The minimum atomic E-state index is -3.69. The van der Waals surface area contributed by atoms with Crippen LogP contribution in [0.3, 0.4) is 0 Å². The lowest BCUT2D eigenvalue weighted by molar-refractivity contribution is 0.0593. The number of rotatable bonds is 7. The molecule has 30 heavy (non-hydrogen) atoms. The lowest BCUT2D eigenvalue weighted by Gasteiger charge is -2.25. The first-order valence-corrected chi connectivity index (χ1v) is 11.0. The zero-order chi connectivity index (χ0) is 22.2. The van der Waals surface area contributed by atoms with Crippen LogP contribution in [0.15, 0.2) is 24.3 Å². The number of halogens is 1. The standard InChI is InChI=1S/C19H20FN3O6S/c1-4-29-17-14(28-2)8-7-12(22-17)13(9-30(3,26)27)23-18(24)15-10(20)5-6-11(21)16(15)19(23)25/h5-8,13H,4,9,21H2,1-3H3. The average molecular weight is 437 g/mol. The Kier molecular flexibility index (Phi) is 5.66. The van der Waals surface area contributed by atoms with Crippen LogP contribution in [0.2, 0.25) is 0 Å². The van der Waals surface area contributed by atoms with Crippen LogP contribution in [0.5, 0.6) is 11.6 Å². The Balaban J connectivity index is 2.16. The van der Waals surface area contributed by atoms with Crippen molar-refractivity contribution in [1.82, 2.24) is 9.88 Å². The summed E-state index contributed by atoms with van der Waals surface area (Å²) in [5.41, 5.74) is 4.99. The molecule has 160 valence electrons. The van der Waals surface area contributed by atoms with Gasteiger partial charge in [0.15, 0.2) is 5.75 Å². The Bertz CT molecular complexity index is 1090. The number of fused-ring (bicyclic) bond motifs is 1. The molecule has 0 saturated carbocycles. The first-order valence-electron chi connectivity index (χ1n) is 8.90. The van der Waals surface area contributed by atoms with E-state index >= 15 is 0 Å². The topological polar surface area (TPSA) is 129 Å². The van der Waals surface area contributed by atoms with Crippen molar-refractivity contribution < 1.29 is 31.9 Å². The van der Waals surface area contributed by atoms with Gasteiger partial charge in [-0.15, -0.1) is 0 Å². The number of carbonyl (C=O) groups is 2. The number of nitrogens with two attached hydrogens (primary N) is 1. The first kappa shape index (κ1) is 21.5. The van der Waals surface area contributed by atoms with Gasteiger partial charge in [-0.25, -0.2) is 17.8 Å². The average Bonchev–Trinajstić information content (AvgIpc) is 2.94. The molecule has 0 bridgehead atoms. The van der Waals surface area contributed by atoms with Crippen molar-refractivity contribution in [2.24, 2.45) is 0 Å². The maximum atomic E-state index is 14.3. The Morgan fingerprint density at radius 1 is 1.17 bits per heavy atom. The smallest absolute Gasteiger partial charge is 0.265 e. The van der Waals surface area contributed by atoms with Crippen LogP contribution in [-0.4, -0.2) is 55.8 Å². The van der Waals surface area contributed by atoms with Crippen LogP contribution in [0.25, 0.3) is 0 Å². The zero-order valence-electron chi connectivity index (χ0n) is 16.5. The molecule has 1 aromatic heterocycles. The van der Waals surface area contributed by atoms with E-state index in [1.807, 2.05) is 0 Å². The highest BCUT2D eigenvalue weighted by molar-refractivity contribution is 7.90. The second-order valence-electron chi connectivity index (χ2n) is 6.65. The number of hydrogen-bond acceptors (Lipinski definition) is 8. The fourth-order valence-corrected chi connectivity index (χ4v) is 4.14. The minimum Gasteiger partial charge on any atom is -0.491 e. The molecule has 9 nitrogen and oxygen atoms in total. The Morgan fingerprint density at radius 2 is 1.83 bits per heavy atom. The Morgan fingerprint density at radius 3 is 2.40 bits per heavy atom. The highest BCUT2D eigenvalue weighted by Gasteiger charge is 2.45. The molecule has 0 radical (unpaired) electrons. The fraction of sp³-hybridized carbons (Fsp3) is 0.316. The van der Waals surface area contributed by atoms with Gasteiger partial charge < -0.3 is 15.2 Å². The number of benzene rings is 1. The minimum absolute atomic E-state index is 0.0677. The van der Waals surface area contributed by atoms with Crippen molar-refractivity contribution in [2.75, 3.05) is 31.5 Å². The third-order valence-corrected chi connectivity index (χ3v) is 5.43. The number of imide groups is 1. The van der Waals surface area contributed by atoms with Crippen molar-refractivity contribution in [3.63, 3.8) is 0 Å². The van der Waals surface area contributed by atoms with Crippen LogP contribution in [0, 0.1) is 5.82 Å². The molecule has 0 spiro atoms. The number of ether oxygens (including phenoxy) is 2. The summed E-state index contributed by atoms with van der Waals surface area (Å²) >= 11 is 0. The van der Waals surface area contributed by atoms with Gasteiger partial charge in [-0.2, -0.15) is 0 Å². The van der Waals surface area contributed by atoms with Crippen molar-refractivity contribution in [1.29, 1.82) is 0 Å². The van der Waals surface area contributed by atoms with Gasteiger partial charge in [0.25, 0.3) is 17.7 Å². The summed E-state index contributed by atoms with van der Waals surface area (Å²) in [6.45, 7) is 1.97. The van der Waals surface area contributed by atoms with E-state index in [-0.39, 0.29) is 35.2 Å². The molecular formula is C19H20FN3O6S. The van der Waals surface area contributed by atoms with Crippen molar-refractivity contribution in [2.45, 2.75) is 13.0 Å². The van der Waals surface area contributed by atoms with E-state index in [9.17, 15) is 22.4 Å². The zero-order valence-corrected chi connectivity index (χ0v) is 17.3. The highest BCUT2D eigenvalue weighted by Crippen LogP contribution is 2.37. The van der Waals surface area contributed by atoms with E-state index < -0.39 is 44.8 Å². The van der Waals surface area contributed by atoms with Crippen LogP contribution in [0.4, 0.5) is 10.1 Å². The van der Waals surface area contributed by atoms with Gasteiger partial charge in [0.05, 0.1) is 42.3 Å². The second-order valence-corrected chi connectivity index (χ2v) is 8.84. The van der Waals surface area contributed by atoms with Crippen LogP contribution in [0.1, 0.15) is 39.4 Å². The first-order chi connectivity index (χ1) is 14.1. The number of carbonyl (C=O) groups excluding carboxylic acids is 2. The monoisotopic (exact) mass is 437 g/mol. The van der Waals surface area contributed by atoms with E-state index in [0.717, 1.165) is 12.3 Å². The second kappa shape index (κ2) is 7.90. The predicted octanol–water partition coefficient (Wildman–Crippen LogP) is 1.59. The SMILES string of the molecule is CCOc1nc(C(CS(C)(=O)=O)N2C(=O)c3c(N)ccc(F)c3C2=O)ccc1OC. The van der Waals surface area contributed by atoms with Crippen molar-refractivity contribution >= 4 is 27.3 Å². The molecule has 2 heterocycles. The lowest BCUT2D eigenvalue weighted by atomic mass is 10.1. The van der Waals surface area contributed by atoms with Gasteiger partial charge >= 0.3 is 0 Å². The molecule has 2 N–H and O–H groups in total. The molecular weight excluding hydrogens is 417 g/mol. The maximum Gasteiger partial charge on any atom is 0.265 e. The number of sulfone groups is 1. The Labute approximate surface area is 172 Å². The fourth-order valence-electron chi connectivity index (χ4n) is 3.25. The normalized spacial score (nSPS) is 14.6. The van der Waals surface area contributed by atoms with Gasteiger partial charge in [-0.3, -0.25) is 14.5 Å². The summed E-state index contributed by atoms with van der Waals surface area (Å²) in [7, 11) is -2.28. The predicted molar refractivity (Wildman–Crippen MR) is 106 cm³/mol. The van der Waals surface area contributed by atoms with E-state index in [4.69, 9.17) is 15.2 Å². The van der Waals surface area contributed by atoms with Crippen molar-refractivity contribution in [3.8, 4) is 11.6 Å². The largest absolute Gasteiger partial charge is 0.491 e. The number of hydrogen-bond donors (Lipinski definition) is 1. The number of methoxy groups -OCH3 is 1. The van der Waals surface area contributed by atoms with E-state index in [1.54, 1.807) is 6.92 Å². The number of amides is 2. The molecule has 1 unspecified atom stereocenters. The molecule has 0 saturated heterocycles. The molecule has 1 aliphatic rings. The lowest BCUT2D eigenvalue weighted by Crippen LogP contribution is -2.38. The highest BCUT2D eigenvalue weighted by atomic mass is 32.2.